The van der Waals surface area contributed by atoms with Crippen molar-refractivity contribution in [2.45, 2.75) is 33.7 Å². The zero-order valence-corrected chi connectivity index (χ0v) is 20.4. The van der Waals surface area contributed by atoms with E-state index in [1.165, 1.54) is 16.2 Å². The first-order valence-electron chi connectivity index (χ1n) is 8.69. The first-order chi connectivity index (χ1) is 12.6. The second kappa shape index (κ2) is 12.7. The summed E-state index contributed by atoms with van der Waals surface area (Å²) in [6.07, 6.45) is 0. The van der Waals surface area contributed by atoms with E-state index in [2.05, 4.69) is 27.2 Å². The van der Waals surface area contributed by atoms with Gasteiger partial charge in [-0.2, -0.15) is 0 Å². The van der Waals surface area contributed by atoms with Crippen molar-refractivity contribution in [1.29, 1.82) is 0 Å². The minimum atomic E-state index is -0.364. The van der Waals surface area contributed by atoms with Crippen molar-refractivity contribution in [3.05, 3.63) is 27.7 Å². The van der Waals surface area contributed by atoms with Gasteiger partial charge in [-0.3, -0.25) is 4.79 Å². The van der Waals surface area contributed by atoms with E-state index in [0.29, 0.717) is 29.7 Å². The number of rotatable bonds is 8. The van der Waals surface area contributed by atoms with Crippen LogP contribution in [0.25, 0.3) is 0 Å². The summed E-state index contributed by atoms with van der Waals surface area (Å²) in [5.74, 6) is 0.0110. The number of guanidine groups is 1. The Bertz CT molecular complexity index is 718. The Balaban J connectivity index is 0.00000729. The monoisotopic (exact) mass is 523 g/mol. The summed E-state index contributed by atoms with van der Waals surface area (Å²) >= 11 is 1.29. The molecule has 1 aromatic rings. The van der Waals surface area contributed by atoms with Crippen molar-refractivity contribution in [3.8, 4) is 0 Å². The third-order valence-corrected chi connectivity index (χ3v) is 4.75. The van der Waals surface area contributed by atoms with Crippen LogP contribution < -0.4 is 10.6 Å². The number of esters is 1. The average molecular weight is 523 g/mol. The van der Waals surface area contributed by atoms with Crippen molar-refractivity contribution in [1.82, 2.24) is 20.5 Å². The lowest BCUT2D eigenvalue weighted by molar-refractivity contribution is -0.127. The standard InChI is InChI=1S/C18H29N5O3S.HI/c1-8-26-17(25)15-12(4)21-16(27-15)13(5)22-18(19-9-11(2)3)20-10-14(24)23(6)7;/h13H,2,8-10H2,1,3-7H3,(H2,19,20,22);1H. The van der Waals surface area contributed by atoms with Gasteiger partial charge >= 0.3 is 5.97 Å². The van der Waals surface area contributed by atoms with Crippen molar-refractivity contribution in [2.24, 2.45) is 4.99 Å². The van der Waals surface area contributed by atoms with E-state index >= 15 is 0 Å². The van der Waals surface area contributed by atoms with Crippen LogP contribution >= 0.6 is 35.3 Å². The first-order valence-corrected chi connectivity index (χ1v) is 9.51. The number of thiazole rings is 1. The van der Waals surface area contributed by atoms with E-state index in [0.717, 1.165) is 10.6 Å². The van der Waals surface area contributed by atoms with Gasteiger partial charge < -0.3 is 20.3 Å². The molecule has 0 aliphatic heterocycles. The maximum atomic E-state index is 12.0. The number of nitrogens with zero attached hydrogens (tertiary/aromatic N) is 3. The van der Waals surface area contributed by atoms with E-state index in [9.17, 15) is 9.59 Å². The molecule has 0 aromatic carbocycles. The number of aryl methyl sites for hydroxylation is 1. The van der Waals surface area contributed by atoms with E-state index in [1.54, 1.807) is 27.9 Å². The summed E-state index contributed by atoms with van der Waals surface area (Å²) in [5.41, 5.74) is 1.57. The van der Waals surface area contributed by atoms with E-state index < -0.39 is 0 Å². The van der Waals surface area contributed by atoms with Crippen molar-refractivity contribution >= 4 is 53.1 Å². The highest BCUT2D eigenvalue weighted by Crippen LogP contribution is 2.24. The molecule has 10 heteroatoms. The lowest BCUT2D eigenvalue weighted by Crippen LogP contribution is -2.40. The predicted molar refractivity (Wildman–Crippen MR) is 124 cm³/mol. The van der Waals surface area contributed by atoms with Crippen LogP contribution in [-0.2, 0) is 9.53 Å². The molecule has 2 N–H and O–H groups in total. The molecule has 158 valence electrons. The molecular formula is C18H30IN5O3S. The summed E-state index contributed by atoms with van der Waals surface area (Å²) in [6.45, 7) is 12.1. The Morgan fingerprint density at radius 3 is 2.57 bits per heavy atom. The topological polar surface area (TPSA) is 95.9 Å². The number of aromatic nitrogens is 1. The van der Waals surface area contributed by atoms with Gasteiger partial charge in [-0.1, -0.05) is 12.2 Å². The highest BCUT2D eigenvalue weighted by molar-refractivity contribution is 14.0. The van der Waals surface area contributed by atoms with Crippen LogP contribution in [-0.4, -0.2) is 61.5 Å². The molecule has 8 nitrogen and oxygen atoms in total. The lowest BCUT2D eigenvalue weighted by atomic mass is 10.3. The van der Waals surface area contributed by atoms with Crippen molar-refractivity contribution in [2.75, 3.05) is 33.8 Å². The zero-order chi connectivity index (χ0) is 20.6. The summed E-state index contributed by atoms with van der Waals surface area (Å²) in [6, 6.07) is -0.206. The molecule has 1 rings (SSSR count). The summed E-state index contributed by atoms with van der Waals surface area (Å²) in [7, 11) is 3.37. The Kier molecular flexibility index (Phi) is 11.9. The second-order valence-corrected chi connectivity index (χ2v) is 7.35. The van der Waals surface area contributed by atoms with Crippen molar-refractivity contribution < 1.29 is 14.3 Å². The first kappa shape index (κ1) is 26.3. The van der Waals surface area contributed by atoms with Gasteiger partial charge in [-0.25, -0.2) is 14.8 Å². The molecule has 0 saturated heterocycles. The fraction of sp³-hybridized carbons (Fsp3) is 0.556. The van der Waals surface area contributed by atoms with Gasteiger partial charge in [-0.15, -0.1) is 35.3 Å². The third kappa shape index (κ3) is 8.55. The molecule has 0 fully saturated rings. The Labute approximate surface area is 187 Å². The largest absolute Gasteiger partial charge is 0.462 e. The predicted octanol–water partition coefficient (Wildman–Crippen LogP) is 2.51. The molecule has 0 aliphatic rings. The van der Waals surface area contributed by atoms with Gasteiger partial charge in [-0.05, 0) is 27.7 Å². The fourth-order valence-corrected chi connectivity index (χ4v) is 2.89. The Hall–Kier alpha value is -1.69. The van der Waals surface area contributed by atoms with Gasteiger partial charge in [0, 0.05) is 20.6 Å². The van der Waals surface area contributed by atoms with E-state index in [4.69, 9.17) is 4.74 Å². The lowest BCUT2D eigenvalue weighted by Gasteiger charge is -2.17. The van der Waals surface area contributed by atoms with Crippen LogP contribution in [0.15, 0.2) is 17.1 Å². The number of hydrogen-bond donors (Lipinski definition) is 2. The Morgan fingerprint density at radius 2 is 2.04 bits per heavy atom. The molecule has 28 heavy (non-hydrogen) atoms. The fourth-order valence-electron chi connectivity index (χ4n) is 1.93. The van der Waals surface area contributed by atoms with Crippen LogP contribution in [0.2, 0.25) is 0 Å². The maximum Gasteiger partial charge on any atom is 0.350 e. The third-order valence-electron chi connectivity index (χ3n) is 3.43. The number of ether oxygens (including phenoxy) is 1. The van der Waals surface area contributed by atoms with Crippen LogP contribution in [0.1, 0.15) is 47.2 Å². The number of aliphatic imine (C=N–C) groups is 1. The second-order valence-electron chi connectivity index (χ2n) is 6.32. The maximum absolute atomic E-state index is 12.0. The summed E-state index contributed by atoms with van der Waals surface area (Å²) < 4.78 is 5.06. The molecule has 0 spiro atoms. The van der Waals surface area contributed by atoms with Crippen LogP contribution in [0.3, 0.4) is 0 Å². The number of hydrogen-bond acceptors (Lipinski definition) is 6. The molecule has 0 radical (unpaired) electrons. The smallest absolute Gasteiger partial charge is 0.350 e. The molecule has 1 amide bonds. The quantitative estimate of drug-likeness (QED) is 0.179. The van der Waals surface area contributed by atoms with E-state index in [-0.39, 0.29) is 48.4 Å². The number of amides is 1. The molecule has 0 aliphatic carbocycles. The van der Waals surface area contributed by atoms with E-state index in [1.807, 2.05) is 13.8 Å². The van der Waals surface area contributed by atoms with Gasteiger partial charge in [0.1, 0.15) is 16.4 Å². The number of likely N-dealkylation sites (N-methyl/N-ethyl adjacent to an activating group) is 1. The molecular weight excluding hydrogens is 493 g/mol. The number of carbonyl (C=O) groups excluding carboxylic acids is 2. The number of nitrogens with one attached hydrogen (secondary N) is 2. The van der Waals surface area contributed by atoms with Crippen LogP contribution in [0.5, 0.6) is 0 Å². The summed E-state index contributed by atoms with van der Waals surface area (Å²) in [4.78, 5) is 34.6. The molecule has 0 saturated carbocycles. The van der Waals surface area contributed by atoms with Gasteiger partial charge in [0.05, 0.1) is 18.3 Å². The highest BCUT2D eigenvalue weighted by Gasteiger charge is 2.20. The van der Waals surface area contributed by atoms with Crippen LogP contribution in [0.4, 0.5) is 0 Å². The average Bonchev–Trinajstić information content (AvgIpc) is 2.98. The Morgan fingerprint density at radius 1 is 1.39 bits per heavy atom. The van der Waals surface area contributed by atoms with Gasteiger partial charge in [0.2, 0.25) is 5.91 Å². The summed E-state index contributed by atoms with van der Waals surface area (Å²) in [5, 5.41) is 7.09. The van der Waals surface area contributed by atoms with Crippen molar-refractivity contribution in [3.63, 3.8) is 0 Å². The number of halogens is 1. The SMILES string of the molecule is C=C(C)CNC(=NCC(=O)N(C)C)NC(C)c1nc(C)c(C(=O)OCC)s1.I. The van der Waals surface area contributed by atoms with Gasteiger partial charge in [0.25, 0.3) is 0 Å². The highest BCUT2D eigenvalue weighted by atomic mass is 127. The van der Waals surface area contributed by atoms with Crippen LogP contribution in [0, 0.1) is 6.92 Å². The van der Waals surface area contributed by atoms with Gasteiger partial charge in [0.15, 0.2) is 5.96 Å². The normalized spacial score (nSPS) is 11.9. The molecule has 0 bridgehead atoms. The minimum absolute atomic E-state index is 0. The zero-order valence-electron chi connectivity index (χ0n) is 17.3. The molecule has 1 unspecified atom stereocenters. The number of carbonyl (C=O) groups is 2. The minimum Gasteiger partial charge on any atom is -0.462 e. The molecule has 1 heterocycles. The molecule has 1 atom stereocenters. The molecule has 1 aromatic heterocycles.